The van der Waals surface area contributed by atoms with Crippen molar-refractivity contribution >= 4 is 45.3 Å². The van der Waals surface area contributed by atoms with E-state index in [0.717, 1.165) is 4.90 Å². The van der Waals surface area contributed by atoms with Crippen molar-refractivity contribution < 1.29 is 23.6 Å². The Morgan fingerprint density at radius 3 is 2.59 bits per heavy atom. The van der Waals surface area contributed by atoms with E-state index in [-0.39, 0.29) is 47.9 Å². The SMILES string of the molecule is CC(=O)c1c(C)oc(NC(=O)CCCN2C(=O)c3ccc(Br)cc3C2=O)c1C#N. The number of benzene rings is 1. The zero-order valence-electron chi connectivity index (χ0n) is 15.7. The summed E-state index contributed by atoms with van der Waals surface area (Å²) in [7, 11) is 0. The summed E-state index contributed by atoms with van der Waals surface area (Å²) in [5.41, 5.74) is 0.786. The highest BCUT2D eigenvalue weighted by atomic mass is 79.9. The minimum absolute atomic E-state index is 0.00286. The molecule has 0 aliphatic carbocycles. The van der Waals surface area contributed by atoms with Crippen molar-refractivity contribution in [2.75, 3.05) is 11.9 Å². The molecule has 0 unspecified atom stereocenters. The number of nitrogens with zero attached hydrogens (tertiary/aromatic N) is 2. The molecule has 0 bridgehead atoms. The zero-order valence-corrected chi connectivity index (χ0v) is 17.3. The Bertz CT molecular complexity index is 1100. The normalized spacial score (nSPS) is 12.7. The van der Waals surface area contributed by atoms with E-state index in [1.54, 1.807) is 18.2 Å². The van der Waals surface area contributed by atoms with Crippen LogP contribution in [0.3, 0.4) is 0 Å². The highest BCUT2D eigenvalue weighted by Gasteiger charge is 2.35. The molecule has 3 amide bonds. The molecule has 1 N–H and O–H groups in total. The lowest BCUT2D eigenvalue weighted by Gasteiger charge is -2.13. The summed E-state index contributed by atoms with van der Waals surface area (Å²) in [6.45, 7) is 2.93. The van der Waals surface area contributed by atoms with Gasteiger partial charge in [0.1, 0.15) is 17.4 Å². The number of halogens is 1. The number of aryl methyl sites for hydroxylation is 1. The van der Waals surface area contributed by atoms with Crippen LogP contribution in [-0.2, 0) is 4.79 Å². The number of rotatable bonds is 6. The second-order valence-corrected chi connectivity index (χ2v) is 7.42. The number of hydrogen-bond acceptors (Lipinski definition) is 6. The fraction of sp³-hybridized carbons (Fsp3) is 0.250. The van der Waals surface area contributed by atoms with Gasteiger partial charge < -0.3 is 4.42 Å². The molecule has 29 heavy (non-hydrogen) atoms. The third kappa shape index (κ3) is 3.84. The van der Waals surface area contributed by atoms with Crippen LogP contribution < -0.4 is 5.32 Å². The maximum atomic E-state index is 12.4. The van der Waals surface area contributed by atoms with Crippen molar-refractivity contribution in [3.63, 3.8) is 0 Å². The molecule has 0 atom stereocenters. The molecule has 1 aliphatic rings. The highest BCUT2D eigenvalue weighted by Crippen LogP contribution is 2.28. The number of Topliss-reactive ketones (excluding diaryl/α,β-unsaturated/α-hetero) is 1. The Labute approximate surface area is 174 Å². The van der Waals surface area contributed by atoms with Crippen LogP contribution in [0.4, 0.5) is 5.88 Å². The van der Waals surface area contributed by atoms with E-state index >= 15 is 0 Å². The summed E-state index contributed by atoms with van der Waals surface area (Å²) in [6.07, 6.45) is 0.233. The first-order valence-corrected chi connectivity index (χ1v) is 9.54. The lowest BCUT2D eigenvalue weighted by atomic mass is 10.1. The van der Waals surface area contributed by atoms with Crippen LogP contribution in [-0.4, -0.2) is 34.9 Å². The summed E-state index contributed by atoms with van der Waals surface area (Å²) in [6, 6.07) is 6.74. The smallest absolute Gasteiger partial charge is 0.261 e. The summed E-state index contributed by atoms with van der Waals surface area (Å²) in [5.74, 6) is -1.40. The largest absolute Gasteiger partial charge is 0.443 e. The van der Waals surface area contributed by atoms with Crippen molar-refractivity contribution in [2.45, 2.75) is 26.7 Å². The van der Waals surface area contributed by atoms with Gasteiger partial charge in [-0.05, 0) is 38.5 Å². The first-order valence-electron chi connectivity index (χ1n) is 8.74. The topological polar surface area (TPSA) is 120 Å². The number of carbonyl (C=O) groups is 4. The average Bonchev–Trinajstić information content (AvgIpc) is 3.09. The highest BCUT2D eigenvalue weighted by molar-refractivity contribution is 9.10. The van der Waals surface area contributed by atoms with Crippen LogP contribution in [0.1, 0.15) is 62.2 Å². The van der Waals surface area contributed by atoms with Gasteiger partial charge in [0.25, 0.3) is 11.8 Å². The van der Waals surface area contributed by atoms with Gasteiger partial charge in [-0.3, -0.25) is 29.4 Å². The van der Waals surface area contributed by atoms with E-state index in [1.807, 2.05) is 6.07 Å². The number of fused-ring (bicyclic) bond motifs is 1. The third-order valence-electron chi connectivity index (χ3n) is 4.52. The number of hydrogen-bond donors (Lipinski definition) is 1. The second kappa shape index (κ2) is 8.01. The Balaban J connectivity index is 1.61. The molecule has 1 aliphatic heterocycles. The van der Waals surface area contributed by atoms with Gasteiger partial charge in [0.05, 0.1) is 16.7 Å². The number of carbonyl (C=O) groups excluding carboxylic acids is 4. The van der Waals surface area contributed by atoms with E-state index in [9.17, 15) is 24.4 Å². The number of ketones is 1. The Morgan fingerprint density at radius 1 is 1.24 bits per heavy atom. The number of imide groups is 1. The van der Waals surface area contributed by atoms with Crippen LogP contribution in [0.5, 0.6) is 0 Å². The van der Waals surface area contributed by atoms with Gasteiger partial charge >= 0.3 is 0 Å². The van der Waals surface area contributed by atoms with Crippen LogP contribution in [0, 0.1) is 18.3 Å². The quantitative estimate of drug-likeness (QED) is 0.523. The molecule has 8 nitrogen and oxygen atoms in total. The fourth-order valence-electron chi connectivity index (χ4n) is 3.22. The lowest BCUT2D eigenvalue weighted by Crippen LogP contribution is -2.31. The third-order valence-corrected chi connectivity index (χ3v) is 5.01. The number of nitrogens with one attached hydrogen (secondary N) is 1. The summed E-state index contributed by atoms with van der Waals surface area (Å²) in [4.78, 5) is 49.8. The second-order valence-electron chi connectivity index (χ2n) is 6.51. The fourth-order valence-corrected chi connectivity index (χ4v) is 3.58. The molecule has 148 valence electrons. The summed E-state index contributed by atoms with van der Waals surface area (Å²) >= 11 is 3.27. The molecule has 1 aromatic carbocycles. The van der Waals surface area contributed by atoms with Gasteiger partial charge in [-0.1, -0.05) is 15.9 Å². The molecule has 2 heterocycles. The number of anilines is 1. The van der Waals surface area contributed by atoms with Gasteiger partial charge in [0.2, 0.25) is 11.8 Å². The number of furan rings is 1. The van der Waals surface area contributed by atoms with Crippen molar-refractivity contribution in [3.8, 4) is 6.07 Å². The minimum atomic E-state index is -0.454. The maximum Gasteiger partial charge on any atom is 0.261 e. The molecular formula is C20H16BrN3O5. The average molecular weight is 458 g/mol. The van der Waals surface area contributed by atoms with E-state index in [4.69, 9.17) is 4.42 Å². The molecule has 0 radical (unpaired) electrons. The maximum absolute atomic E-state index is 12.4. The standard InChI is InChI=1S/C20H16BrN3O5/c1-10(25)17-11(2)29-18(15(17)9-22)23-16(26)4-3-7-24-19(27)13-6-5-12(21)8-14(13)20(24)28/h5-6,8H,3-4,7H2,1-2H3,(H,23,26). The first-order chi connectivity index (χ1) is 13.7. The van der Waals surface area contributed by atoms with E-state index < -0.39 is 17.7 Å². The van der Waals surface area contributed by atoms with Crippen molar-refractivity contribution in [3.05, 3.63) is 50.7 Å². The molecule has 1 aromatic heterocycles. The van der Waals surface area contributed by atoms with Crippen LogP contribution >= 0.6 is 15.9 Å². The lowest BCUT2D eigenvalue weighted by molar-refractivity contribution is -0.116. The Hall–Kier alpha value is -3.25. The number of amides is 3. The van der Waals surface area contributed by atoms with Crippen molar-refractivity contribution in [1.29, 1.82) is 5.26 Å². The van der Waals surface area contributed by atoms with Gasteiger partial charge in [-0.15, -0.1) is 0 Å². The van der Waals surface area contributed by atoms with Crippen molar-refractivity contribution in [1.82, 2.24) is 4.90 Å². The molecular weight excluding hydrogens is 442 g/mol. The molecule has 9 heteroatoms. The van der Waals surface area contributed by atoms with Crippen molar-refractivity contribution in [2.24, 2.45) is 0 Å². The van der Waals surface area contributed by atoms with Gasteiger partial charge in [-0.2, -0.15) is 5.26 Å². The minimum Gasteiger partial charge on any atom is -0.443 e. The van der Waals surface area contributed by atoms with Gasteiger partial charge in [0, 0.05) is 17.4 Å². The van der Waals surface area contributed by atoms with E-state index in [1.165, 1.54) is 13.8 Å². The van der Waals surface area contributed by atoms with E-state index in [0.29, 0.717) is 15.6 Å². The van der Waals surface area contributed by atoms with Crippen LogP contribution in [0.15, 0.2) is 27.1 Å². The predicted octanol–water partition coefficient (Wildman–Crippen LogP) is 3.44. The molecule has 3 rings (SSSR count). The predicted molar refractivity (Wildman–Crippen MR) is 106 cm³/mol. The van der Waals surface area contributed by atoms with E-state index in [2.05, 4.69) is 21.2 Å². The van der Waals surface area contributed by atoms with Gasteiger partial charge in [0.15, 0.2) is 5.78 Å². The molecule has 0 fully saturated rings. The Kier molecular flexibility index (Phi) is 5.66. The van der Waals surface area contributed by atoms with Crippen LogP contribution in [0.2, 0.25) is 0 Å². The summed E-state index contributed by atoms with van der Waals surface area (Å²) in [5, 5.41) is 11.7. The molecule has 0 saturated heterocycles. The first kappa shape index (κ1) is 20.5. The molecule has 0 saturated carbocycles. The summed E-state index contributed by atoms with van der Waals surface area (Å²) < 4.78 is 6.04. The monoisotopic (exact) mass is 457 g/mol. The Morgan fingerprint density at radius 2 is 1.93 bits per heavy atom. The zero-order chi connectivity index (χ0) is 21.3. The molecule has 0 spiro atoms. The van der Waals surface area contributed by atoms with Crippen LogP contribution in [0.25, 0.3) is 0 Å². The molecule has 2 aromatic rings. The number of nitriles is 1. The van der Waals surface area contributed by atoms with Gasteiger partial charge in [-0.25, -0.2) is 0 Å².